The van der Waals surface area contributed by atoms with Crippen LogP contribution in [-0.2, 0) is 9.59 Å². The highest BCUT2D eigenvalue weighted by molar-refractivity contribution is 6.43. The van der Waals surface area contributed by atoms with Gasteiger partial charge in [-0.2, -0.15) is 0 Å². The minimum atomic E-state index is -0.264. The van der Waals surface area contributed by atoms with E-state index in [-0.39, 0.29) is 11.8 Å². The molecule has 1 heterocycles. The van der Waals surface area contributed by atoms with Crippen LogP contribution in [0.3, 0.4) is 0 Å². The van der Waals surface area contributed by atoms with E-state index in [1.807, 2.05) is 43.3 Å². The van der Waals surface area contributed by atoms with E-state index in [4.69, 9.17) is 27.9 Å². The minimum absolute atomic E-state index is 0.154. The van der Waals surface area contributed by atoms with E-state index in [2.05, 4.69) is 16.7 Å². The molecule has 2 amide bonds. The van der Waals surface area contributed by atoms with Gasteiger partial charge in [0.15, 0.2) is 0 Å². The van der Waals surface area contributed by atoms with E-state index in [0.717, 1.165) is 76.1 Å². The molecule has 6 nitrogen and oxygen atoms in total. The molecule has 0 bridgehead atoms. The van der Waals surface area contributed by atoms with Crippen LogP contribution in [0.4, 0.5) is 11.4 Å². The number of carbonyl (C=O) groups excluding carboxylic acids is 2. The number of nitrogens with zero attached hydrogens (tertiary/aromatic N) is 3. The zero-order valence-corrected chi connectivity index (χ0v) is 23.8. The van der Waals surface area contributed by atoms with Gasteiger partial charge in [-0.15, -0.1) is 0 Å². The summed E-state index contributed by atoms with van der Waals surface area (Å²) in [5, 5.41) is 1.22. The molecule has 1 saturated heterocycles. The Kier molecular flexibility index (Phi) is 11.6. The largest absolute Gasteiger partial charge is 0.494 e. The standard InChI is InChI=1S/C29H39Cl2N3O3/c1-4-5-6-12-28(36)34(23(3)35)27-21-24(14-13-22(27)2)37-20-8-7-15-32-16-18-33(19-17-32)26-11-9-10-25(30)29(26)31/h9-11,13-14,21H,4-8,12,15-20H2,1-3H3. The number of rotatable bonds is 12. The van der Waals surface area contributed by atoms with Crippen LogP contribution in [0.5, 0.6) is 5.75 Å². The lowest BCUT2D eigenvalue weighted by atomic mass is 10.1. The maximum absolute atomic E-state index is 12.7. The average molecular weight is 549 g/mol. The summed E-state index contributed by atoms with van der Waals surface area (Å²) in [6.45, 7) is 10.9. The Labute approximate surface area is 231 Å². The summed E-state index contributed by atoms with van der Waals surface area (Å²) in [7, 11) is 0. The number of carbonyl (C=O) groups is 2. The van der Waals surface area contributed by atoms with Crippen molar-refractivity contribution in [2.75, 3.05) is 49.1 Å². The molecule has 1 aliphatic rings. The first-order valence-corrected chi connectivity index (χ1v) is 14.1. The molecule has 3 rings (SSSR count). The van der Waals surface area contributed by atoms with Crippen LogP contribution in [0.25, 0.3) is 0 Å². The van der Waals surface area contributed by atoms with Crippen molar-refractivity contribution < 1.29 is 14.3 Å². The monoisotopic (exact) mass is 547 g/mol. The Morgan fingerprint density at radius 1 is 1.00 bits per heavy atom. The molecular formula is C29H39Cl2N3O3. The number of unbranched alkanes of at least 4 members (excludes halogenated alkanes) is 3. The number of amides is 2. The normalized spacial score (nSPS) is 14.0. The topological polar surface area (TPSA) is 53.1 Å². The first-order chi connectivity index (χ1) is 17.8. The fourth-order valence-electron chi connectivity index (χ4n) is 4.61. The molecule has 0 aliphatic carbocycles. The van der Waals surface area contributed by atoms with Crippen molar-refractivity contribution in [3.05, 3.63) is 52.0 Å². The third kappa shape index (κ3) is 8.36. The molecule has 8 heteroatoms. The molecule has 0 atom stereocenters. The van der Waals surface area contributed by atoms with E-state index in [9.17, 15) is 9.59 Å². The van der Waals surface area contributed by atoms with Crippen LogP contribution < -0.4 is 14.5 Å². The van der Waals surface area contributed by atoms with Gasteiger partial charge in [0.25, 0.3) is 0 Å². The molecule has 1 aliphatic heterocycles. The highest BCUT2D eigenvalue weighted by Crippen LogP contribution is 2.33. The highest BCUT2D eigenvalue weighted by atomic mass is 35.5. The Hall–Kier alpha value is -2.28. The van der Waals surface area contributed by atoms with Gasteiger partial charge in [-0.25, -0.2) is 0 Å². The average Bonchev–Trinajstić information content (AvgIpc) is 2.88. The van der Waals surface area contributed by atoms with Crippen LogP contribution in [0.15, 0.2) is 36.4 Å². The summed E-state index contributed by atoms with van der Waals surface area (Å²) in [5.41, 5.74) is 2.50. The summed E-state index contributed by atoms with van der Waals surface area (Å²) >= 11 is 12.6. The Morgan fingerprint density at radius 3 is 2.46 bits per heavy atom. The first kappa shape index (κ1) is 29.3. The number of halogens is 2. The third-order valence-electron chi connectivity index (χ3n) is 6.76. The second-order valence-electron chi connectivity index (χ2n) is 9.61. The van der Waals surface area contributed by atoms with Crippen LogP contribution in [-0.4, -0.2) is 56.0 Å². The predicted molar refractivity (Wildman–Crippen MR) is 153 cm³/mol. The summed E-state index contributed by atoms with van der Waals surface area (Å²) < 4.78 is 6.00. The van der Waals surface area contributed by atoms with Crippen LogP contribution >= 0.6 is 23.2 Å². The van der Waals surface area contributed by atoms with Gasteiger partial charge in [0.2, 0.25) is 11.8 Å². The Bertz CT molecular complexity index is 1050. The maximum Gasteiger partial charge on any atom is 0.233 e. The van der Waals surface area contributed by atoms with E-state index in [1.165, 1.54) is 11.8 Å². The van der Waals surface area contributed by atoms with Crippen molar-refractivity contribution in [2.45, 2.75) is 59.3 Å². The molecule has 0 saturated carbocycles. The number of piperazine rings is 1. The van der Waals surface area contributed by atoms with Crippen molar-refractivity contribution in [2.24, 2.45) is 0 Å². The van der Waals surface area contributed by atoms with Gasteiger partial charge in [0, 0.05) is 45.6 Å². The van der Waals surface area contributed by atoms with E-state index >= 15 is 0 Å². The van der Waals surface area contributed by atoms with Crippen LogP contribution in [0.2, 0.25) is 10.0 Å². The number of hydrogen-bond donors (Lipinski definition) is 0. The number of ether oxygens (including phenoxy) is 1. The van der Waals surface area contributed by atoms with Gasteiger partial charge in [0.05, 0.1) is 28.0 Å². The molecule has 0 aromatic heterocycles. The molecule has 0 N–H and O–H groups in total. The second kappa shape index (κ2) is 14.6. The Morgan fingerprint density at radius 2 is 1.76 bits per heavy atom. The van der Waals surface area contributed by atoms with E-state index in [0.29, 0.717) is 34.5 Å². The number of anilines is 2. The molecule has 1 fully saturated rings. The fourth-order valence-corrected chi connectivity index (χ4v) is 5.03. The summed E-state index contributed by atoms with van der Waals surface area (Å²) in [4.78, 5) is 31.1. The van der Waals surface area contributed by atoms with Crippen molar-refractivity contribution >= 4 is 46.4 Å². The molecule has 0 spiro atoms. The minimum Gasteiger partial charge on any atom is -0.494 e. The molecule has 202 valence electrons. The molecule has 0 radical (unpaired) electrons. The van der Waals surface area contributed by atoms with Gasteiger partial charge in [-0.05, 0) is 56.5 Å². The van der Waals surface area contributed by atoms with Gasteiger partial charge in [-0.3, -0.25) is 19.4 Å². The highest BCUT2D eigenvalue weighted by Gasteiger charge is 2.22. The quantitative estimate of drug-likeness (QED) is 0.275. The van der Waals surface area contributed by atoms with Gasteiger partial charge in [0.1, 0.15) is 5.75 Å². The lowest BCUT2D eigenvalue weighted by Crippen LogP contribution is -2.46. The molecule has 0 unspecified atom stereocenters. The summed E-state index contributed by atoms with van der Waals surface area (Å²) in [5.74, 6) is 0.263. The zero-order chi connectivity index (χ0) is 26.8. The molecule has 2 aromatic rings. The first-order valence-electron chi connectivity index (χ1n) is 13.3. The van der Waals surface area contributed by atoms with Crippen LogP contribution in [0, 0.1) is 6.92 Å². The lowest BCUT2D eigenvalue weighted by molar-refractivity contribution is -0.125. The second-order valence-corrected chi connectivity index (χ2v) is 10.4. The SMILES string of the molecule is CCCCCC(=O)N(C(C)=O)c1cc(OCCCCN2CCN(c3cccc(Cl)c3Cl)CC2)ccc1C. The number of aryl methyl sites for hydroxylation is 1. The zero-order valence-electron chi connectivity index (χ0n) is 22.3. The lowest BCUT2D eigenvalue weighted by Gasteiger charge is -2.36. The van der Waals surface area contributed by atoms with Crippen molar-refractivity contribution in [3.8, 4) is 5.75 Å². The smallest absolute Gasteiger partial charge is 0.233 e. The maximum atomic E-state index is 12.7. The molecule has 2 aromatic carbocycles. The number of imide groups is 1. The predicted octanol–water partition coefficient (Wildman–Crippen LogP) is 6.74. The third-order valence-corrected chi connectivity index (χ3v) is 7.57. The van der Waals surface area contributed by atoms with E-state index < -0.39 is 0 Å². The summed E-state index contributed by atoms with van der Waals surface area (Å²) in [6, 6.07) is 11.4. The van der Waals surface area contributed by atoms with Crippen molar-refractivity contribution in [1.82, 2.24) is 4.90 Å². The number of hydrogen-bond acceptors (Lipinski definition) is 5. The number of benzene rings is 2. The van der Waals surface area contributed by atoms with Crippen LogP contribution in [0.1, 0.15) is 57.9 Å². The fraction of sp³-hybridized carbons (Fsp3) is 0.517. The van der Waals surface area contributed by atoms with Gasteiger partial charge in [-0.1, -0.05) is 55.1 Å². The van der Waals surface area contributed by atoms with Gasteiger partial charge < -0.3 is 9.64 Å². The Balaban J connectivity index is 1.44. The van der Waals surface area contributed by atoms with Crippen molar-refractivity contribution in [3.63, 3.8) is 0 Å². The molecule has 37 heavy (non-hydrogen) atoms. The van der Waals surface area contributed by atoms with Gasteiger partial charge >= 0.3 is 0 Å². The summed E-state index contributed by atoms with van der Waals surface area (Å²) in [6.07, 6.45) is 5.13. The van der Waals surface area contributed by atoms with E-state index in [1.54, 1.807) is 0 Å². The van der Waals surface area contributed by atoms with Crippen molar-refractivity contribution in [1.29, 1.82) is 0 Å². The molecular weight excluding hydrogens is 509 g/mol.